The Morgan fingerprint density at radius 1 is 1.26 bits per heavy atom. The molecule has 1 rings (SSSR count). The maximum atomic E-state index is 12.3. The van der Waals surface area contributed by atoms with Gasteiger partial charge < -0.3 is 15.3 Å². The number of nitrogens with zero attached hydrogens (tertiary/aromatic N) is 1. The zero-order valence-electron chi connectivity index (χ0n) is 10.1. The fraction of sp³-hybridized carbons (Fsp3) is 0.273. The molecule has 0 fully saturated rings. The fourth-order valence-corrected chi connectivity index (χ4v) is 1.38. The first-order chi connectivity index (χ1) is 8.66. The molecule has 0 saturated heterocycles. The van der Waals surface area contributed by atoms with Crippen LogP contribution in [0.15, 0.2) is 18.2 Å². The quantitative estimate of drug-likeness (QED) is 0.885. The van der Waals surface area contributed by atoms with Gasteiger partial charge in [0.1, 0.15) is 0 Å². The van der Waals surface area contributed by atoms with Crippen LogP contribution >= 0.6 is 0 Å². The molecule has 2 N–H and O–H groups in total. The molecule has 0 radical (unpaired) electrons. The average Bonchev–Trinajstić information content (AvgIpc) is 2.35. The van der Waals surface area contributed by atoms with Crippen LogP contribution in [-0.4, -0.2) is 37.3 Å². The molecule has 5 nitrogen and oxygen atoms in total. The number of hydrogen-bond acceptors (Lipinski definition) is 3. The molecule has 19 heavy (non-hydrogen) atoms. The van der Waals surface area contributed by atoms with Crippen molar-refractivity contribution in [2.45, 2.75) is 6.18 Å². The number of halogens is 3. The second-order valence-electron chi connectivity index (χ2n) is 3.69. The number of benzene rings is 1. The largest absolute Gasteiger partial charge is 0.478 e. The summed E-state index contributed by atoms with van der Waals surface area (Å²) < 4.78 is 36.9. The van der Waals surface area contributed by atoms with Crippen molar-refractivity contribution >= 4 is 23.3 Å². The molecule has 1 amide bonds. The standard InChI is InChI=1S/C11H11F3N2O3/c1-15-7-3-6(9(17)18)4-8(5-7)16(2)10(19)11(12,13)14/h3-5,15H,1-2H3,(H,17,18). The van der Waals surface area contributed by atoms with Gasteiger partial charge in [-0.1, -0.05) is 0 Å². The number of carbonyl (C=O) groups excluding carboxylic acids is 1. The normalized spacial score (nSPS) is 11.0. The summed E-state index contributed by atoms with van der Waals surface area (Å²) in [6.07, 6.45) is -5.02. The van der Waals surface area contributed by atoms with Gasteiger partial charge in [-0.2, -0.15) is 13.2 Å². The molecule has 0 unspecified atom stereocenters. The summed E-state index contributed by atoms with van der Waals surface area (Å²) in [5.41, 5.74) is -0.0908. The van der Waals surface area contributed by atoms with Crippen molar-refractivity contribution in [3.63, 3.8) is 0 Å². The van der Waals surface area contributed by atoms with Gasteiger partial charge in [0.15, 0.2) is 0 Å². The van der Waals surface area contributed by atoms with Gasteiger partial charge in [-0.25, -0.2) is 4.79 Å². The van der Waals surface area contributed by atoms with Crippen LogP contribution < -0.4 is 10.2 Å². The van der Waals surface area contributed by atoms with Gasteiger partial charge in [0.25, 0.3) is 0 Å². The Balaban J connectivity index is 3.23. The number of carboxylic acid groups (broad SMARTS) is 1. The van der Waals surface area contributed by atoms with E-state index in [0.29, 0.717) is 4.90 Å². The molecule has 0 atom stereocenters. The maximum absolute atomic E-state index is 12.3. The molecule has 0 heterocycles. The zero-order valence-corrected chi connectivity index (χ0v) is 10.1. The predicted molar refractivity (Wildman–Crippen MR) is 62.4 cm³/mol. The molecule has 8 heteroatoms. The topological polar surface area (TPSA) is 69.6 Å². The van der Waals surface area contributed by atoms with E-state index in [0.717, 1.165) is 13.1 Å². The van der Waals surface area contributed by atoms with Crippen molar-refractivity contribution < 1.29 is 27.9 Å². The lowest BCUT2D eigenvalue weighted by Gasteiger charge is -2.20. The zero-order chi connectivity index (χ0) is 14.8. The number of carbonyl (C=O) groups is 2. The summed E-state index contributed by atoms with van der Waals surface area (Å²) in [6.45, 7) is 0. The minimum absolute atomic E-state index is 0.161. The SMILES string of the molecule is CNc1cc(C(=O)O)cc(N(C)C(=O)C(F)(F)F)c1. The lowest BCUT2D eigenvalue weighted by atomic mass is 10.1. The van der Waals surface area contributed by atoms with Crippen molar-refractivity contribution in [1.82, 2.24) is 0 Å². The van der Waals surface area contributed by atoms with E-state index in [9.17, 15) is 22.8 Å². The summed E-state index contributed by atoms with van der Waals surface area (Å²) in [5, 5.41) is 11.5. The van der Waals surface area contributed by atoms with Crippen LogP contribution in [0.4, 0.5) is 24.5 Å². The third-order valence-electron chi connectivity index (χ3n) is 2.39. The van der Waals surface area contributed by atoms with Crippen molar-refractivity contribution in [1.29, 1.82) is 0 Å². The van der Waals surface area contributed by atoms with Gasteiger partial charge in [-0.15, -0.1) is 0 Å². The first kappa shape index (κ1) is 14.8. The minimum Gasteiger partial charge on any atom is -0.478 e. The van der Waals surface area contributed by atoms with Crippen LogP contribution in [0, 0.1) is 0 Å². The Morgan fingerprint density at radius 3 is 2.26 bits per heavy atom. The molecule has 0 aromatic heterocycles. The van der Waals surface area contributed by atoms with E-state index in [1.165, 1.54) is 19.2 Å². The summed E-state index contributed by atoms with van der Waals surface area (Å²) in [7, 11) is 2.41. The molecular weight excluding hydrogens is 265 g/mol. The lowest BCUT2D eigenvalue weighted by molar-refractivity contribution is -0.170. The van der Waals surface area contributed by atoms with E-state index in [1.807, 2.05) is 0 Å². The van der Waals surface area contributed by atoms with Crippen molar-refractivity contribution in [3.05, 3.63) is 23.8 Å². The minimum atomic E-state index is -5.02. The van der Waals surface area contributed by atoms with Crippen LogP contribution in [0.1, 0.15) is 10.4 Å². The van der Waals surface area contributed by atoms with E-state index in [1.54, 1.807) is 0 Å². The van der Waals surface area contributed by atoms with Gasteiger partial charge in [-0.3, -0.25) is 4.79 Å². The Labute approximate surface area is 106 Å². The number of amides is 1. The molecule has 0 aliphatic heterocycles. The van der Waals surface area contributed by atoms with E-state index in [2.05, 4.69) is 5.32 Å². The number of anilines is 2. The third-order valence-corrected chi connectivity index (χ3v) is 2.39. The third kappa shape index (κ3) is 3.36. The first-order valence-corrected chi connectivity index (χ1v) is 5.08. The van der Waals surface area contributed by atoms with E-state index in [-0.39, 0.29) is 16.9 Å². The Bertz CT molecular complexity index is 514. The first-order valence-electron chi connectivity index (χ1n) is 5.08. The number of alkyl halides is 3. The smallest absolute Gasteiger partial charge is 0.471 e. The fourth-order valence-electron chi connectivity index (χ4n) is 1.38. The molecule has 0 spiro atoms. The molecule has 0 aliphatic carbocycles. The second kappa shape index (κ2) is 5.17. The summed E-state index contributed by atoms with van der Waals surface area (Å²) in [6, 6.07) is 3.49. The van der Waals surface area contributed by atoms with E-state index in [4.69, 9.17) is 5.11 Å². The second-order valence-corrected chi connectivity index (χ2v) is 3.69. The molecule has 1 aromatic rings. The summed E-state index contributed by atoms with van der Waals surface area (Å²) >= 11 is 0. The van der Waals surface area contributed by atoms with E-state index >= 15 is 0 Å². The molecule has 0 saturated carbocycles. The number of nitrogens with one attached hydrogen (secondary N) is 1. The number of hydrogen-bond donors (Lipinski definition) is 2. The highest BCUT2D eigenvalue weighted by Crippen LogP contribution is 2.26. The average molecular weight is 276 g/mol. The van der Waals surface area contributed by atoms with Gasteiger partial charge in [0.05, 0.1) is 5.56 Å². The molecule has 1 aromatic carbocycles. The predicted octanol–water partition coefficient (Wildman–Crippen LogP) is 1.95. The van der Waals surface area contributed by atoms with Gasteiger partial charge >= 0.3 is 18.1 Å². The highest BCUT2D eigenvalue weighted by atomic mass is 19.4. The Morgan fingerprint density at radius 2 is 1.84 bits per heavy atom. The molecule has 104 valence electrons. The van der Waals surface area contributed by atoms with Crippen LogP contribution in [0.25, 0.3) is 0 Å². The van der Waals surface area contributed by atoms with Crippen LogP contribution in [0.5, 0.6) is 0 Å². The highest BCUT2D eigenvalue weighted by molar-refractivity contribution is 5.99. The number of carboxylic acids is 1. The van der Waals surface area contributed by atoms with Gasteiger partial charge in [0, 0.05) is 25.5 Å². The van der Waals surface area contributed by atoms with Crippen molar-refractivity contribution in [2.24, 2.45) is 0 Å². The summed E-state index contributed by atoms with van der Waals surface area (Å²) in [4.78, 5) is 22.3. The lowest BCUT2D eigenvalue weighted by Crippen LogP contribution is -2.38. The van der Waals surface area contributed by atoms with E-state index < -0.39 is 18.1 Å². The van der Waals surface area contributed by atoms with Crippen LogP contribution in [0.2, 0.25) is 0 Å². The number of rotatable bonds is 3. The van der Waals surface area contributed by atoms with Gasteiger partial charge in [0.2, 0.25) is 0 Å². The number of aromatic carboxylic acids is 1. The molecular formula is C11H11F3N2O3. The van der Waals surface area contributed by atoms with Crippen LogP contribution in [-0.2, 0) is 4.79 Å². The highest BCUT2D eigenvalue weighted by Gasteiger charge is 2.41. The monoisotopic (exact) mass is 276 g/mol. The molecule has 0 aliphatic rings. The van der Waals surface area contributed by atoms with Gasteiger partial charge in [-0.05, 0) is 18.2 Å². The Hall–Kier alpha value is -2.25. The van der Waals surface area contributed by atoms with Crippen LogP contribution in [0.3, 0.4) is 0 Å². The summed E-state index contributed by atoms with van der Waals surface area (Å²) in [5.74, 6) is -3.37. The molecule has 0 bridgehead atoms. The van der Waals surface area contributed by atoms with Crippen molar-refractivity contribution in [2.75, 3.05) is 24.3 Å². The maximum Gasteiger partial charge on any atom is 0.471 e. The van der Waals surface area contributed by atoms with Crippen molar-refractivity contribution in [3.8, 4) is 0 Å². The Kier molecular flexibility index (Phi) is 4.03.